The SMILES string of the molecule is Cc1nc2cccc(NCC(=O)N3CCN(CCn4c(C(=O)OC(C)(C)C)c(CCCOc5cccc6cc(F)ccc56)c5ccc(Cl)c(-c6c(C)nn(C)c6C)c54)CC3)c2cc1C1CCC(=O)NC1=O. The van der Waals surface area contributed by atoms with Crippen LogP contribution in [-0.2, 0) is 39.1 Å². The Labute approximate surface area is 417 Å². The molecule has 3 aromatic heterocycles. The number of carbonyl (C=O) groups is 4. The molecule has 9 rings (SSSR count). The first kappa shape index (κ1) is 49.2. The molecule has 16 heteroatoms. The Bertz CT molecular complexity index is 3240. The zero-order valence-electron chi connectivity index (χ0n) is 41.4. The quantitative estimate of drug-likeness (QED) is 0.0613. The number of fused-ring (bicyclic) bond motifs is 3. The summed E-state index contributed by atoms with van der Waals surface area (Å²) in [5.41, 5.74) is 7.79. The number of anilines is 1. The summed E-state index contributed by atoms with van der Waals surface area (Å²) in [7, 11) is 1.91. The van der Waals surface area contributed by atoms with Crippen LogP contribution >= 0.6 is 11.6 Å². The van der Waals surface area contributed by atoms with E-state index in [-0.39, 0.29) is 36.5 Å². The first-order chi connectivity index (χ1) is 33.9. The second kappa shape index (κ2) is 20.1. The van der Waals surface area contributed by atoms with Gasteiger partial charge >= 0.3 is 5.97 Å². The molecule has 2 aliphatic rings. The highest BCUT2D eigenvalue weighted by Gasteiger charge is 2.33. The first-order valence-electron chi connectivity index (χ1n) is 24.3. The number of halogens is 2. The molecule has 1 unspecified atom stereocenters. The standard InChI is InChI=1S/C55H60ClFN8O6/c1-32-41(40-19-21-47(66)60-53(40)68)30-42-44(13-9-14-45(42)59-32)58-31-48(67)64-25-22-63(23-26-64)24-27-65-51-39(18-20-43(56)50(51)49-33(2)61-62(7)34(49)3)38(52(65)54(69)71-55(4,5)6)12-10-28-70-46-15-8-11-35-29-36(57)16-17-37(35)46/h8-9,11,13-18,20,29-30,40,58H,10,12,19,21-28,31H2,1-7H3,(H,60,66,68). The van der Waals surface area contributed by atoms with E-state index >= 15 is 0 Å². The monoisotopic (exact) mass is 982 g/mol. The van der Waals surface area contributed by atoms with Crippen LogP contribution in [0.2, 0.25) is 5.02 Å². The molecular formula is C55H60ClFN8O6. The molecular weight excluding hydrogens is 923 g/mol. The summed E-state index contributed by atoms with van der Waals surface area (Å²) >= 11 is 7.21. The van der Waals surface area contributed by atoms with Crippen LogP contribution < -0.4 is 15.4 Å². The van der Waals surface area contributed by atoms with Crippen molar-refractivity contribution in [3.8, 4) is 16.9 Å². The predicted octanol–water partition coefficient (Wildman–Crippen LogP) is 9.20. The zero-order chi connectivity index (χ0) is 50.3. The van der Waals surface area contributed by atoms with Crippen molar-refractivity contribution in [2.45, 2.75) is 85.3 Å². The highest BCUT2D eigenvalue weighted by atomic mass is 35.5. The zero-order valence-corrected chi connectivity index (χ0v) is 42.1. The smallest absolute Gasteiger partial charge is 0.355 e. The Morgan fingerprint density at radius 3 is 2.39 bits per heavy atom. The minimum Gasteiger partial charge on any atom is -0.493 e. The van der Waals surface area contributed by atoms with Crippen molar-refractivity contribution in [2.24, 2.45) is 7.05 Å². The van der Waals surface area contributed by atoms with Crippen molar-refractivity contribution in [2.75, 3.05) is 51.2 Å². The molecule has 2 aliphatic heterocycles. The second-order valence-corrected chi connectivity index (χ2v) is 20.1. The van der Waals surface area contributed by atoms with Crippen molar-refractivity contribution in [3.63, 3.8) is 0 Å². The largest absolute Gasteiger partial charge is 0.493 e. The third-order valence-electron chi connectivity index (χ3n) is 13.8. The Morgan fingerprint density at radius 2 is 1.66 bits per heavy atom. The number of aromatic nitrogens is 4. The number of nitrogens with one attached hydrogen (secondary N) is 2. The number of amides is 3. The summed E-state index contributed by atoms with van der Waals surface area (Å²) < 4.78 is 30.5. The molecule has 2 fully saturated rings. The molecule has 0 saturated carbocycles. The Balaban J connectivity index is 0.951. The molecule has 3 amide bonds. The van der Waals surface area contributed by atoms with Gasteiger partial charge in [-0.05, 0) is 126 Å². The predicted molar refractivity (Wildman–Crippen MR) is 275 cm³/mol. The lowest BCUT2D eigenvalue weighted by Gasteiger charge is -2.35. The van der Waals surface area contributed by atoms with Gasteiger partial charge in [0.25, 0.3) is 0 Å². The van der Waals surface area contributed by atoms with Gasteiger partial charge in [0.1, 0.15) is 22.9 Å². The summed E-state index contributed by atoms with van der Waals surface area (Å²) in [6.45, 7) is 15.2. The Hall–Kier alpha value is -6.84. The Morgan fingerprint density at radius 1 is 0.901 bits per heavy atom. The number of piperidine rings is 1. The molecule has 7 aromatic rings. The fourth-order valence-electron chi connectivity index (χ4n) is 10.2. The molecule has 1 atom stereocenters. The molecule has 0 aliphatic carbocycles. The van der Waals surface area contributed by atoms with E-state index in [0.29, 0.717) is 81.6 Å². The van der Waals surface area contributed by atoms with Gasteiger partial charge in [-0.15, -0.1) is 0 Å². The van der Waals surface area contributed by atoms with E-state index in [9.17, 15) is 23.6 Å². The van der Waals surface area contributed by atoms with Gasteiger partial charge in [0.05, 0.1) is 40.8 Å². The van der Waals surface area contributed by atoms with Crippen molar-refractivity contribution in [3.05, 3.63) is 118 Å². The van der Waals surface area contributed by atoms with E-state index in [4.69, 9.17) is 31.2 Å². The van der Waals surface area contributed by atoms with Crippen LogP contribution in [0.3, 0.4) is 0 Å². The number of esters is 1. The van der Waals surface area contributed by atoms with Crippen LogP contribution in [0.1, 0.15) is 84.6 Å². The molecule has 14 nitrogen and oxygen atoms in total. The minimum absolute atomic E-state index is 0.0415. The van der Waals surface area contributed by atoms with Crippen molar-refractivity contribution in [1.29, 1.82) is 0 Å². The lowest BCUT2D eigenvalue weighted by atomic mass is 9.88. The highest BCUT2D eigenvalue weighted by Crippen LogP contribution is 2.43. The molecule has 0 spiro atoms. The van der Waals surface area contributed by atoms with Crippen LogP contribution in [-0.4, -0.2) is 104 Å². The molecule has 370 valence electrons. The van der Waals surface area contributed by atoms with Crippen LogP contribution in [0.15, 0.2) is 72.8 Å². The number of nitrogens with zero attached hydrogens (tertiary/aromatic N) is 6. The van der Waals surface area contributed by atoms with Crippen molar-refractivity contribution in [1.82, 2.24) is 34.4 Å². The summed E-state index contributed by atoms with van der Waals surface area (Å²) in [5, 5.41) is 14.4. The minimum atomic E-state index is -0.774. The molecule has 2 saturated heterocycles. The first-order valence-corrected chi connectivity index (χ1v) is 24.7. The van der Waals surface area contributed by atoms with Gasteiger partial charge in [0, 0.05) is 97.1 Å². The normalized spacial score (nSPS) is 15.7. The van der Waals surface area contributed by atoms with Gasteiger partial charge in [-0.2, -0.15) is 5.10 Å². The lowest BCUT2D eigenvalue weighted by molar-refractivity contribution is -0.134. The Kier molecular flexibility index (Phi) is 13.9. The number of aryl methyl sites for hydroxylation is 4. The third-order valence-corrected chi connectivity index (χ3v) is 14.1. The molecule has 5 heterocycles. The molecule has 0 radical (unpaired) electrons. The third kappa shape index (κ3) is 10.2. The maximum absolute atomic E-state index is 14.7. The second-order valence-electron chi connectivity index (χ2n) is 19.7. The van der Waals surface area contributed by atoms with Crippen LogP contribution in [0.5, 0.6) is 5.75 Å². The number of rotatable bonds is 14. The number of piperazine rings is 1. The number of carbonyl (C=O) groups excluding carboxylic acids is 4. The van der Waals surface area contributed by atoms with Crippen molar-refractivity contribution >= 4 is 73.6 Å². The summed E-state index contributed by atoms with van der Waals surface area (Å²) in [6, 6.07) is 21.8. The summed E-state index contributed by atoms with van der Waals surface area (Å²) in [5.74, 6) is -1.19. The van der Waals surface area contributed by atoms with Crippen molar-refractivity contribution < 1.29 is 33.0 Å². The topological polar surface area (TPSA) is 153 Å². The van der Waals surface area contributed by atoms with Gasteiger partial charge in [0.2, 0.25) is 17.7 Å². The average Bonchev–Trinajstić information content (AvgIpc) is 3.78. The number of hydrogen-bond donors (Lipinski definition) is 2. The number of pyridine rings is 1. The molecule has 71 heavy (non-hydrogen) atoms. The summed E-state index contributed by atoms with van der Waals surface area (Å²) in [4.78, 5) is 62.1. The van der Waals surface area contributed by atoms with Crippen LogP contribution in [0.4, 0.5) is 10.1 Å². The molecule has 4 aromatic carbocycles. The van der Waals surface area contributed by atoms with E-state index < -0.39 is 17.5 Å². The summed E-state index contributed by atoms with van der Waals surface area (Å²) in [6.07, 6.45) is 1.75. The van der Waals surface area contributed by atoms with Gasteiger partial charge < -0.3 is 24.3 Å². The van der Waals surface area contributed by atoms with Gasteiger partial charge in [0.15, 0.2) is 0 Å². The van der Waals surface area contributed by atoms with Gasteiger partial charge in [-0.3, -0.25) is 34.3 Å². The molecule has 2 N–H and O–H groups in total. The lowest BCUT2D eigenvalue weighted by Crippen LogP contribution is -2.50. The maximum atomic E-state index is 14.7. The van der Waals surface area contributed by atoms with Crippen LogP contribution in [0, 0.1) is 26.6 Å². The number of imide groups is 1. The van der Waals surface area contributed by atoms with Gasteiger partial charge in [-0.1, -0.05) is 35.9 Å². The molecule has 0 bridgehead atoms. The fraction of sp³-hybridized carbons (Fsp3) is 0.382. The number of hydrogen-bond acceptors (Lipinski definition) is 10. The average molecular weight is 984 g/mol. The van der Waals surface area contributed by atoms with Gasteiger partial charge in [-0.25, -0.2) is 9.18 Å². The van der Waals surface area contributed by atoms with E-state index in [0.717, 1.165) is 77.6 Å². The van der Waals surface area contributed by atoms with Crippen LogP contribution in [0.25, 0.3) is 43.7 Å². The van der Waals surface area contributed by atoms with E-state index in [1.807, 2.05) is 113 Å². The maximum Gasteiger partial charge on any atom is 0.355 e. The number of ether oxygens (including phenoxy) is 2. The fourth-order valence-corrected chi connectivity index (χ4v) is 10.5. The van der Waals surface area contributed by atoms with E-state index in [2.05, 4.69) is 20.1 Å². The van der Waals surface area contributed by atoms with E-state index in [1.54, 1.807) is 6.07 Å². The number of benzene rings is 4. The highest BCUT2D eigenvalue weighted by molar-refractivity contribution is 6.35. The van der Waals surface area contributed by atoms with E-state index in [1.165, 1.54) is 12.1 Å².